The number of esters is 1. The lowest BCUT2D eigenvalue weighted by molar-refractivity contribution is -0.143. The molecule has 0 spiro atoms. The summed E-state index contributed by atoms with van der Waals surface area (Å²) in [6, 6.07) is 4.51. The SMILES string of the molecule is CCOC(=O)CCC(Cl)c1ccc(OC)c(OC(F)F)c1. The fourth-order valence-electron chi connectivity index (χ4n) is 1.72. The number of alkyl halides is 3. The molecule has 1 unspecified atom stereocenters. The molecule has 7 heteroatoms. The Hall–Kier alpha value is -1.56. The first-order valence-electron chi connectivity index (χ1n) is 6.40. The predicted molar refractivity (Wildman–Crippen MR) is 74.1 cm³/mol. The number of carbonyl (C=O) groups is 1. The van der Waals surface area contributed by atoms with Crippen LogP contribution in [0.5, 0.6) is 11.5 Å². The van der Waals surface area contributed by atoms with Gasteiger partial charge in [0.2, 0.25) is 0 Å². The van der Waals surface area contributed by atoms with Crippen molar-refractivity contribution in [3.8, 4) is 11.5 Å². The van der Waals surface area contributed by atoms with E-state index in [2.05, 4.69) is 4.74 Å². The summed E-state index contributed by atoms with van der Waals surface area (Å²) in [7, 11) is 1.35. The molecule has 0 N–H and O–H groups in total. The van der Waals surface area contributed by atoms with Gasteiger partial charge in [0.15, 0.2) is 11.5 Å². The zero-order chi connectivity index (χ0) is 15.8. The first-order valence-corrected chi connectivity index (χ1v) is 6.84. The monoisotopic (exact) mass is 322 g/mol. The van der Waals surface area contributed by atoms with Gasteiger partial charge in [0, 0.05) is 6.42 Å². The normalized spacial score (nSPS) is 12.1. The quantitative estimate of drug-likeness (QED) is 0.537. The molecule has 0 radical (unpaired) electrons. The van der Waals surface area contributed by atoms with E-state index in [-0.39, 0.29) is 23.9 Å². The van der Waals surface area contributed by atoms with Crippen molar-refractivity contribution in [1.29, 1.82) is 0 Å². The van der Waals surface area contributed by atoms with E-state index in [1.807, 2.05) is 0 Å². The Morgan fingerprint density at radius 3 is 2.62 bits per heavy atom. The van der Waals surface area contributed by atoms with Crippen molar-refractivity contribution in [2.45, 2.75) is 31.8 Å². The maximum absolute atomic E-state index is 12.3. The van der Waals surface area contributed by atoms with E-state index in [0.717, 1.165) is 0 Å². The third kappa shape index (κ3) is 5.75. The van der Waals surface area contributed by atoms with E-state index < -0.39 is 12.0 Å². The molecule has 0 saturated carbocycles. The van der Waals surface area contributed by atoms with Gasteiger partial charge in [0.25, 0.3) is 0 Å². The number of carbonyl (C=O) groups excluding carboxylic acids is 1. The van der Waals surface area contributed by atoms with Crippen LogP contribution >= 0.6 is 11.6 Å². The predicted octanol–water partition coefficient (Wildman–Crippen LogP) is 3.92. The fraction of sp³-hybridized carbons (Fsp3) is 0.500. The summed E-state index contributed by atoms with van der Waals surface area (Å²) in [5.41, 5.74) is 0.567. The van der Waals surface area contributed by atoms with Crippen LogP contribution in [0.4, 0.5) is 8.78 Å². The van der Waals surface area contributed by atoms with E-state index in [4.69, 9.17) is 21.1 Å². The number of ether oxygens (including phenoxy) is 3. The molecule has 21 heavy (non-hydrogen) atoms. The van der Waals surface area contributed by atoms with E-state index in [1.54, 1.807) is 13.0 Å². The van der Waals surface area contributed by atoms with E-state index in [9.17, 15) is 13.6 Å². The first-order chi connectivity index (χ1) is 9.97. The lowest BCUT2D eigenvalue weighted by atomic mass is 10.1. The highest BCUT2D eigenvalue weighted by atomic mass is 35.5. The number of benzene rings is 1. The molecular weight excluding hydrogens is 306 g/mol. The molecule has 1 atom stereocenters. The molecule has 0 amide bonds. The highest BCUT2D eigenvalue weighted by molar-refractivity contribution is 6.20. The number of hydrogen-bond donors (Lipinski definition) is 0. The van der Waals surface area contributed by atoms with Crippen molar-refractivity contribution < 1.29 is 27.8 Å². The van der Waals surface area contributed by atoms with Crippen molar-refractivity contribution in [1.82, 2.24) is 0 Å². The summed E-state index contributed by atoms with van der Waals surface area (Å²) in [5, 5.41) is -0.514. The van der Waals surface area contributed by atoms with Gasteiger partial charge in [-0.1, -0.05) is 6.07 Å². The molecule has 0 aromatic heterocycles. The first kappa shape index (κ1) is 17.5. The van der Waals surface area contributed by atoms with Gasteiger partial charge < -0.3 is 14.2 Å². The topological polar surface area (TPSA) is 44.8 Å². The molecule has 0 bridgehead atoms. The Morgan fingerprint density at radius 1 is 1.33 bits per heavy atom. The Bertz CT molecular complexity index is 468. The van der Waals surface area contributed by atoms with Gasteiger partial charge in [-0.25, -0.2) is 0 Å². The molecule has 0 saturated heterocycles. The molecular formula is C14H17ClF2O4. The zero-order valence-electron chi connectivity index (χ0n) is 11.8. The molecule has 4 nitrogen and oxygen atoms in total. The van der Waals surface area contributed by atoms with Crippen LogP contribution in [0.3, 0.4) is 0 Å². The van der Waals surface area contributed by atoms with Gasteiger partial charge in [-0.2, -0.15) is 8.78 Å². The average Bonchev–Trinajstić information content (AvgIpc) is 2.44. The van der Waals surface area contributed by atoms with Crippen LogP contribution in [0.15, 0.2) is 18.2 Å². The Labute approximate surface area is 126 Å². The van der Waals surface area contributed by atoms with E-state index in [0.29, 0.717) is 18.6 Å². The Balaban J connectivity index is 2.75. The standard InChI is InChI=1S/C14H17ClF2O4/c1-3-20-13(18)7-5-10(15)9-4-6-11(19-2)12(8-9)21-14(16)17/h4,6,8,10,14H,3,5,7H2,1-2H3. The van der Waals surface area contributed by atoms with Crippen molar-refractivity contribution in [2.75, 3.05) is 13.7 Å². The molecule has 1 aromatic rings. The summed E-state index contributed by atoms with van der Waals surface area (Å²) < 4.78 is 38.8. The minimum absolute atomic E-state index is 0.0909. The van der Waals surface area contributed by atoms with Crippen LogP contribution in [0.2, 0.25) is 0 Å². The number of rotatable bonds is 8. The molecule has 1 rings (SSSR count). The molecule has 0 aliphatic heterocycles. The fourth-order valence-corrected chi connectivity index (χ4v) is 1.97. The largest absolute Gasteiger partial charge is 0.493 e. The molecule has 1 aromatic carbocycles. The van der Waals surface area contributed by atoms with Crippen LogP contribution in [-0.4, -0.2) is 26.3 Å². The van der Waals surface area contributed by atoms with Crippen LogP contribution in [0, 0.1) is 0 Å². The zero-order valence-corrected chi connectivity index (χ0v) is 12.5. The second kappa shape index (κ2) is 8.67. The highest BCUT2D eigenvalue weighted by Crippen LogP contribution is 2.35. The van der Waals surface area contributed by atoms with Crippen molar-refractivity contribution in [3.63, 3.8) is 0 Å². The minimum atomic E-state index is -2.96. The van der Waals surface area contributed by atoms with Gasteiger partial charge in [-0.3, -0.25) is 4.79 Å². The van der Waals surface area contributed by atoms with Crippen molar-refractivity contribution >= 4 is 17.6 Å². The summed E-state index contributed by atoms with van der Waals surface area (Å²) in [5.74, 6) is -0.249. The summed E-state index contributed by atoms with van der Waals surface area (Å²) in [6.07, 6.45) is 0.486. The van der Waals surface area contributed by atoms with Gasteiger partial charge in [-0.05, 0) is 31.0 Å². The second-order valence-corrected chi connectivity index (χ2v) is 4.63. The smallest absolute Gasteiger partial charge is 0.387 e. The van der Waals surface area contributed by atoms with Gasteiger partial charge in [0.05, 0.1) is 19.1 Å². The number of methoxy groups -OCH3 is 1. The van der Waals surface area contributed by atoms with Gasteiger partial charge >= 0.3 is 12.6 Å². The van der Waals surface area contributed by atoms with E-state index in [1.165, 1.54) is 19.2 Å². The highest BCUT2D eigenvalue weighted by Gasteiger charge is 2.16. The lowest BCUT2D eigenvalue weighted by Crippen LogP contribution is -2.06. The summed E-state index contributed by atoms with van der Waals surface area (Å²) in [4.78, 5) is 11.3. The maximum Gasteiger partial charge on any atom is 0.387 e. The van der Waals surface area contributed by atoms with Crippen LogP contribution in [0.1, 0.15) is 30.7 Å². The maximum atomic E-state index is 12.3. The van der Waals surface area contributed by atoms with Gasteiger partial charge in [0.1, 0.15) is 0 Å². The molecule has 118 valence electrons. The van der Waals surface area contributed by atoms with Crippen molar-refractivity contribution in [3.05, 3.63) is 23.8 Å². The second-order valence-electron chi connectivity index (χ2n) is 4.10. The van der Waals surface area contributed by atoms with Crippen LogP contribution < -0.4 is 9.47 Å². The minimum Gasteiger partial charge on any atom is -0.493 e. The molecule has 0 aliphatic carbocycles. The van der Waals surface area contributed by atoms with Gasteiger partial charge in [-0.15, -0.1) is 11.6 Å². The average molecular weight is 323 g/mol. The number of halogens is 3. The molecule has 0 fully saturated rings. The third-order valence-electron chi connectivity index (χ3n) is 2.67. The number of hydrogen-bond acceptors (Lipinski definition) is 4. The summed E-state index contributed by atoms with van der Waals surface area (Å²) >= 11 is 6.16. The lowest BCUT2D eigenvalue weighted by Gasteiger charge is -2.14. The Kier molecular flexibility index (Phi) is 7.22. The van der Waals surface area contributed by atoms with Crippen LogP contribution in [-0.2, 0) is 9.53 Å². The van der Waals surface area contributed by atoms with Crippen molar-refractivity contribution in [2.24, 2.45) is 0 Å². The van der Waals surface area contributed by atoms with E-state index >= 15 is 0 Å². The Morgan fingerprint density at radius 2 is 2.05 bits per heavy atom. The molecule has 0 heterocycles. The third-order valence-corrected chi connectivity index (χ3v) is 3.14. The summed E-state index contributed by atoms with van der Waals surface area (Å²) in [6.45, 7) is -0.934. The molecule has 0 aliphatic rings. The van der Waals surface area contributed by atoms with Crippen LogP contribution in [0.25, 0.3) is 0 Å².